The number of halogens is 1. The predicted molar refractivity (Wildman–Crippen MR) is 83.6 cm³/mol. The molecule has 1 aliphatic carbocycles. The Morgan fingerprint density at radius 2 is 1.85 bits per heavy atom. The van der Waals surface area contributed by atoms with Crippen molar-refractivity contribution in [3.63, 3.8) is 0 Å². The maximum Gasteiger partial charge on any atom is 0.123 e. The van der Waals surface area contributed by atoms with Gasteiger partial charge in [0.05, 0.1) is 0 Å². The van der Waals surface area contributed by atoms with Gasteiger partial charge in [0.1, 0.15) is 5.82 Å². The van der Waals surface area contributed by atoms with E-state index >= 15 is 0 Å². The SMILES string of the molecule is CC(C)CN(CCNc1ccc(F)cc1)C1CCCC1. The lowest BCUT2D eigenvalue weighted by Crippen LogP contribution is -2.39. The van der Waals surface area contributed by atoms with Crippen molar-refractivity contribution in [1.82, 2.24) is 4.90 Å². The van der Waals surface area contributed by atoms with Crippen LogP contribution < -0.4 is 5.32 Å². The molecule has 0 aromatic heterocycles. The molecule has 112 valence electrons. The average molecular weight is 278 g/mol. The van der Waals surface area contributed by atoms with Gasteiger partial charge in [-0.05, 0) is 43.0 Å². The van der Waals surface area contributed by atoms with Gasteiger partial charge in [0.2, 0.25) is 0 Å². The molecule has 0 radical (unpaired) electrons. The minimum Gasteiger partial charge on any atom is -0.384 e. The van der Waals surface area contributed by atoms with Gasteiger partial charge in [-0.25, -0.2) is 4.39 Å². The van der Waals surface area contributed by atoms with Gasteiger partial charge in [0.25, 0.3) is 0 Å². The number of rotatable bonds is 7. The molecular formula is C17H27FN2. The lowest BCUT2D eigenvalue weighted by atomic mass is 10.1. The maximum atomic E-state index is 12.8. The Hall–Kier alpha value is -1.09. The highest BCUT2D eigenvalue weighted by Crippen LogP contribution is 2.24. The number of hydrogen-bond acceptors (Lipinski definition) is 2. The highest BCUT2D eigenvalue weighted by Gasteiger charge is 2.22. The van der Waals surface area contributed by atoms with E-state index in [-0.39, 0.29) is 5.82 Å². The van der Waals surface area contributed by atoms with Crippen LogP contribution in [0.25, 0.3) is 0 Å². The number of hydrogen-bond donors (Lipinski definition) is 1. The van der Waals surface area contributed by atoms with Crippen LogP contribution in [0.3, 0.4) is 0 Å². The van der Waals surface area contributed by atoms with Crippen LogP contribution in [0.5, 0.6) is 0 Å². The summed E-state index contributed by atoms with van der Waals surface area (Å²) in [5.41, 5.74) is 1.00. The van der Waals surface area contributed by atoms with E-state index < -0.39 is 0 Å². The standard InChI is InChI=1S/C17H27FN2/c1-14(2)13-20(17-5-3-4-6-17)12-11-19-16-9-7-15(18)8-10-16/h7-10,14,17,19H,3-6,11-13H2,1-2H3. The van der Waals surface area contributed by atoms with Crippen molar-refractivity contribution in [2.45, 2.75) is 45.6 Å². The van der Waals surface area contributed by atoms with Crippen molar-refractivity contribution in [3.05, 3.63) is 30.1 Å². The first-order chi connectivity index (χ1) is 9.65. The predicted octanol–water partition coefficient (Wildman–Crippen LogP) is 4.14. The van der Waals surface area contributed by atoms with Crippen LogP contribution in [0.2, 0.25) is 0 Å². The van der Waals surface area contributed by atoms with Gasteiger partial charge in [-0.15, -0.1) is 0 Å². The van der Waals surface area contributed by atoms with Crippen molar-refractivity contribution < 1.29 is 4.39 Å². The first-order valence-electron chi connectivity index (χ1n) is 7.88. The molecule has 0 spiro atoms. The zero-order chi connectivity index (χ0) is 14.4. The molecule has 1 N–H and O–H groups in total. The lowest BCUT2D eigenvalue weighted by molar-refractivity contribution is 0.184. The van der Waals surface area contributed by atoms with E-state index in [9.17, 15) is 4.39 Å². The molecule has 1 aliphatic rings. The molecule has 0 bridgehead atoms. The zero-order valence-corrected chi connectivity index (χ0v) is 12.7. The summed E-state index contributed by atoms with van der Waals surface area (Å²) in [5, 5.41) is 3.39. The lowest BCUT2D eigenvalue weighted by Gasteiger charge is -2.30. The Bertz CT molecular complexity index is 382. The zero-order valence-electron chi connectivity index (χ0n) is 12.7. The summed E-state index contributed by atoms with van der Waals surface area (Å²) in [6.45, 7) is 7.75. The molecule has 3 heteroatoms. The Labute approximate surface area is 122 Å². The summed E-state index contributed by atoms with van der Waals surface area (Å²) in [4.78, 5) is 2.63. The maximum absolute atomic E-state index is 12.8. The molecule has 0 amide bonds. The first kappa shape index (κ1) is 15.3. The highest BCUT2D eigenvalue weighted by atomic mass is 19.1. The summed E-state index contributed by atoms with van der Waals surface area (Å²) < 4.78 is 12.8. The molecule has 2 nitrogen and oxygen atoms in total. The van der Waals surface area contributed by atoms with Gasteiger partial charge in [-0.3, -0.25) is 4.90 Å². The van der Waals surface area contributed by atoms with E-state index in [1.165, 1.54) is 44.4 Å². The third-order valence-corrected chi connectivity index (χ3v) is 4.01. The van der Waals surface area contributed by atoms with Gasteiger partial charge in [0.15, 0.2) is 0 Å². The van der Waals surface area contributed by atoms with Crippen molar-refractivity contribution >= 4 is 5.69 Å². The smallest absolute Gasteiger partial charge is 0.123 e. The van der Waals surface area contributed by atoms with E-state index in [0.717, 1.165) is 24.8 Å². The molecule has 1 fully saturated rings. The fourth-order valence-corrected chi connectivity index (χ4v) is 3.07. The van der Waals surface area contributed by atoms with Crippen LogP contribution in [-0.4, -0.2) is 30.6 Å². The van der Waals surface area contributed by atoms with Crippen LogP contribution >= 0.6 is 0 Å². The topological polar surface area (TPSA) is 15.3 Å². The molecule has 20 heavy (non-hydrogen) atoms. The molecule has 2 rings (SSSR count). The van der Waals surface area contributed by atoms with Crippen molar-refractivity contribution in [3.8, 4) is 0 Å². The van der Waals surface area contributed by atoms with Crippen molar-refractivity contribution in [2.24, 2.45) is 5.92 Å². The van der Waals surface area contributed by atoms with Gasteiger partial charge in [-0.1, -0.05) is 26.7 Å². The highest BCUT2D eigenvalue weighted by molar-refractivity contribution is 5.42. The fraction of sp³-hybridized carbons (Fsp3) is 0.647. The van der Waals surface area contributed by atoms with Crippen LogP contribution in [0, 0.1) is 11.7 Å². The molecular weight excluding hydrogens is 251 g/mol. The Balaban J connectivity index is 1.80. The molecule has 0 unspecified atom stereocenters. The molecule has 1 saturated carbocycles. The summed E-state index contributed by atoms with van der Waals surface area (Å²) in [6.07, 6.45) is 5.46. The second kappa shape index (κ2) is 7.63. The summed E-state index contributed by atoms with van der Waals surface area (Å²) in [7, 11) is 0. The van der Waals surface area contributed by atoms with Crippen molar-refractivity contribution in [1.29, 1.82) is 0 Å². The number of nitrogens with zero attached hydrogens (tertiary/aromatic N) is 1. The van der Waals surface area contributed by atoms with Gasteiger partial charge < -0.3 is 5.32 Å². The largest absolute Gasteiger partial charge is 0.384 e. The second-order valence-electron chi connectivity index (χ2n) is 6.26. The van der Waals surface area contributed by atoms with E-state index in [1.807, 2.05) is 0 Å². The van der Waals surface area contributed by atoms with Crippen LogP contribution in [0.1, 0.15) is 39.5 Å². The molecule has 1 aromatic carbocycles. The Kier molecular flexibility index (Phi) is 5.84. The number of anilines is 1. The van der Waals surface area contributed by atoms with Crippen LogP contribution in [0.4, 0.5) is 10.1 Å². The molecule has 0 aliphatic heterocycles. The van der Waals surface area contributed by atoms with Gasteiger partial charge >= 0.3 is 0 Å². The number of benzene rings is 1. The summed E-state index contributed by atoms with van der Waals surface area (Å²) in [5.74, 6) is 0.532. The minimum absolute atomic E-state index is 0.178. The van der Waals surface area contributed by atoms with Crippen LogP contribution in [-0.2, 0) is 0 Å². The minimum atomic E-state index is -0.178. The molecule has 0 saturated heterocycles. The monoisotopic (exact) mass is 278 g/mol. The van der Waals surface area contributed by atoms with E-state index in [0.29, 0.717) is 5.92 Å². The molecule has 0 heterocycles. The van der Waals surface area contributed by atoms with Gasteiger partial charge in [-0.2, -0.15) is 0 Å². The third kappa shape index (κ3) is 4.78. The molecule has 0 atom stereocenters. The van der Waals surface area contributed by atoms with Crippen LogP contribution in [0.15, 0.2) is 24.3 Å². The van der Waals surface area contributed by atoms with Crippen molar-refractivity contribution in [2.75, 3.05) is 25.0 Å². The second-order valence-corrected chi connectivity index (χ2v) is 6.26. The first-order valence-corrected chi connectivity index (χ1v) is 7.88. The average Bonchev–Trinajstić information content (AvgIpc) is 2.93. The Morgan fingerprint density at radius 1 is 1.20 bits per heavy atom. The number of nitrogens with one attached hydrogen (secondary N) is 1. The molecule has 1 aromatic rings. The van der Waals surface area contributed by atoms with E-state index in [2.05, 4.69) is 24.1 Å². The van der Waals surface area contributed by atoms with E-state index in [1.54, 1.807) is 12.1 Å². The Morgan fingerprint density at radius 3 is 2.45 bits per heavy atom. The quantitative estimate of drug-likeness (QED) is 0.806. The normalized spacial score (nSPS) is 16.2. The third-order valence-electron chi connectivity index (χ3n) is 4.01. The summed E-state index contributed by atoms with van der Waals surface area (Å²) in [6, 6.07) is 7.39. The summed E-state index contributed by atoms with van der Waals surface area (Å²) >= 11 is 0. The fourth-order valence-electron chi connectivity index (χ4n) is 3.07. The van der Waals surface area contributed by atoms with E-state index in [4.69, 9.17) is 0 Å². The van der Waals surface area contributed by atoms with Gasteiger partial charge in [0, 0.05) is 31.4 Å².